The molecule has 0 radical (unpaired) electrons. The molecular weight excluding hydrogens is 442 g/mol. The zero-order chi connectivity index (χ0) is 16.8. The fraction of sp³-hybridized carbons (Fsp3) is 0.364. The number of nitrogens with zero attached hydrogens (tertiary/aromatic N) is 1. The largest absolute Gasteiger partial charge is 0.464 e. The SMILES string of the molecule is N/C(=N\S(=O)(=O)OCC(Cl)(Cl)Cl)OCCc1ccccc1Br. The van der Waals surface area contributed by atoms with Crippen molar-refractivity contribution in [2.45, 2.75) is 10.2 Å². The third-order valence-corrected chi connectivity index (χ3v) is 4.07. The van der Waals surface area contributed by atoms with Crippen LogP contribution >= 0.6 is 50.7 Å². The standard InChI is InChI=1S/C11H12BrCl3N2O4S/c12-9-4-2-1-3-8(9)5-6-20-10(16)17-22(18,19)21-7-11(13,14)15/h1-4H,5-7H2,(H2,16,17). The highest BCUT2D eigenvalue weighted by molar-refractivity contribution is 9.10. The molecule has 0 spiro atoms. The maximum Gasteiger partial charge on any atom is 0.385 e. The van der Waals surface area contributed by atoms with Crippen molar-refractivity contribution >= 4 is 67.1 Å². The van der Waals surface area contributed by atoms with Crippen molar-refractivity contribution in [1.82, 2.24) is 0 Å². The molecule has 0 saturated heterocycles. The Kier molecular flexibility index (Phi) is 7.70. The van der Waals surface area contributed by atoms with E-state index in [4.69, 9.17) is 45.3 Å². The number of benzene rings is 1. The van der Waals surface area contributed by atoms with Gasteiger partial charge in [0.05, 0.1) is 6.61 Å². The van der Waals surface area contributed by atoms with Gasteiger partial charge in [-0.15, -0.1) is 0 Å². The molecule has 0 aliphatic carbocycles. The Labute approximate surface area is 151 Å². The van der Waals surface area contributed by atoms with E-state index in [0.29, 0.717) is 6.42 Å². The van der Waals surface area contributed by atoms with Crippen LogP contribution in [0.5, 0.6) is 0 Å². The minimum absolute atomic E-state index is 0.137. The molecule has 2 N–H and O–H groups in total. The Morgan fingerprint density at radius 2 is 1.95 bits per heavy atom. The summed E-state index contributed by atoms with van der Waals surface area (Å²) >= 11 is 19.5. The average Bonchev–Trinajstić information content (AvgIpc) is 2.38. The first-order valence-corrected chi connectivity index (χ1v) is 9.06. The Balaban J connectivity index is 2.50. The summed E-state index contributed by atoms with van der Waals surface area (Å²) in [5.74, 6) is 0. The Morgan fingerprint density at radius 3 is 2.55 bits per heavy atom. The Bertz CT molecular complexity index is 634. The zero-order valence-corrected chi connectivity index (χ0v) is 15.7. The van der Waals surface area contributed by atoms with Gasteiger partial charge in [0, 0.05) is 10.9 Å². The molecule has 11 heteroatoms. The number of amidine groups is 1. The van der Waals surface area contributed by atoms with Crippen molar-refractivity contribution < 1.29 is 17.3 Å². The summed E-state index contributed by atoms with van der Waals surface area (Å²) in [6.45, 7) is -0.550. The molecule has 0 unspecified atom stereocenters. The fourth-order valence-corrected chi connectivity index (χ4v) is 2.76. The summed E-state index contributed by atoms with van der Waals surface area (Å²) < 4.78 is 34.4. The summed E-state index contributed by atoms with van der Waals surface area (Å²) in [4.78, 5) is 0. The topological polar surface area (TPSA) is 91.0 Å². The molecule has 0 aliphatic heterocycles. The maximum atomic E-state index is 11.4. The lowest BCUT2D eigenvalue weighted by molar-refractivity contribution is 0.300. The van der Waals surface area contributed by atoms with E-state index in [0.717, 1.165) is 10.0 Å². The molecule has 1 aromatic rings. The van der Waals surface area contributed by atoms with Crippen molar-refractivity contribution in [3.05, 3.63) is 34.3 Å². The van der Waals surface area contributed by atoms with Crippen LogP contribution in [0.25, 0.3) is 0 Å². The minimum atomic E-state index is -4.34. The summed E-state index contributed by atoms with van der Waals surface area (Å²) in [6, 6.07) is 6.95. The number of ether oxygens (including phenoxy) is 1. The average molecular weight is 455 g/mol. The van der Waals surface area contributed by atoms with Crippen LogP contribution in [0, 0.1) is 0 Å². The third-order valence-electron chi connectivity index (χ3n) is 2.15. The van der Waals surface area contributed by atoms with Crippen molar-refractivity contribution in [2.24, 2.45) is 10.1 Å². The van der Waals surface area contributed by atoms with Gasteiger partial charge in [0.25, 0.3) is 6.02 Å². The molecule has 0 atom stereocenters. The molecule has 22 heavy (non-hydrogen) atoms. The van der Waals surface area contributed by atoms with Crippen LogP contribution in [-0.2, 0) is 25.6 Å². The van der Waals surface area contributed by atoms with Gasteiger partial charge in [-0.1, -0.05) is 73.3 Å². The molecule has 0 bridgehead atoms. The van der Waals surface area contributed by atoms with E-state index in [2.05, 4.69) is 24.5 Å². The van der Waals surface area contributed by atoms with Gasteiger partial charge in [0.15, 0.2) is 0 Å². The number of hydrogen-bond acceptors (Lipinski definition) is 4. The second kappa shape index (κ2) is 8.56. The smallest absolute Gasteiger partial charge is 0.385 e. The number of nitrogens with two attached hydrogens (primary N) is 1. The molecule has 0 saturated carbocycles. The number of halogens is 4. The molecule has 0 aliphatic rings. The van der Waals surface area contributed by atoms with Crippen LogP contribution in [0.4, 0.5) is 0 Å². The van der Waals surface area contributed by atoms with E-state index < -0.39 is 26.7 Å². The lowest BCUT2D eigenvalue weighted by Gasteiger charge is -2.10. The zero-order valence-electron chi connectivity index (χ0n) is 11.0. The summed E-state index contributed by atoms with van der Waals surface area (Å²) in [7, 11) is -4.34. The van der Waals surface area contributed by atoms with Gasteiger partial charge in [0.2, 0.25) is 3.79 Å². The van der Waals surface area contributed by atoms with E-state index in [1.807, 2.05) is 24.3 Å². The highest BCUT2D eigenvalue weighted by atomic mass is 79.9. The summed E-state index contributed by atoms with van der Waals surface area (Å²) in [6.07, 6.45) is 0.507. The van der Waals surface area contributed by atoms with E-state index in [-0.39, 0.29) is 6.61 Å². The van der Waals surface area contributed by atoms with Gasteiger partial charge in [-0.2, -0.15) is 8.42 Å². The summed E-state index contributed by atoms with van der Waals surface area (Å²) in [5.41, 5.74) is 6.34. The van der Waals surface area contributed by atoms with Crippen LogP contribution in [0.1, 0.15) is 5.56 Å². The summed E-state index contributed by atoms with van der Waals surface area (Å²) in [5, 5.41) is 0. The van der Waals surface area contributed by atoms with Gasteiger partial charge in [-0.05, 0) is 11.6 Å². The fourth-order valence-electron chi connectivity index (χ4n) is 1.27. The van der Waals surface area contributed by atoms with E-state index in [1.54, 1.807) is 0 Å². The predicted octanol–water partition coefficient (Wildman–Crippen LogP) is 2.95. The highest BCUT2D eigenvalue weighted by Gasteiger charge is 2.24. The Hall–Kier alpha value is -0.250. The minimum Gasteiger partial charge on any atom is -0.464 e. The second-order valence-corrected chi connectivity index (χ2v) is 8.57. The molecule has 1 rings (SSSR count). The van der Waals surface area contributed by atoms with Gasteiger partial charge >= 0.3 is 10.3 Å². The van der Waals surface area contributed by atoms with E-state index in [1.165, 1.54) is 0 Å². The van der Waals surface area contributed by atoms with E-state index in [9.17, 15) is 8.42 Å². The first kappa shape index (κ1) is 19.8. The van der Waals surface area contributed by atoms with Gasteiger partial charge in [-0.3, -0.25) is 0 Å². The first-order valence-electron chi connectivity index (χ1n) is 5.77. The number of hydrogen-bond donors (Lipinski definition) is 1. The van der Waals surface area contributed by atoms with Gasteiger partial charge in [0.1, 0.15) is 6.61 Å². The molecule has 124 valence electrons. The van der Waals surface area contributed by atoms with Crippen molar-refractivity contribution in [3.63, 3.8) is 0 Å². The van der Waals surface area contributed by atoms with Crippen LogP contribution in [0.3, 0.4) is 0 Å². The first-order chi connectivity index (χ1) is 10.1. The molecule has 6 nitrogen and oxygen atoms in total. The maximum absolute atomic E-state index is 11.4. The molecule has 0 fully saturated rings. The lowest BCUT2D eigenvalue weighted by atomic mass is 10.2. The lowest BCUT2D eigenvalue weighted by Crippen LogP contribution is -2.22. The monoisotopic (exact) mass is 452 g/mol. The number of rotatable bonds is 6. The van der Waals surface area contributed by atoms with Crippen LogP contribution in [-0.4, -0.2) is 31.4 Å². The van der Waals surface area contributed by atoms with Crippen molar-refractivity contribution in [3.8, 4) is 0 Å². The van der Waals surface area contributed by atoms with Crippen LogP contribution < -0.4 is 5.73 Å². The third kappa shape index (κ3) is 8.40. The molecule has 1 aromatic carbocycles. The molecule has 0 amide bonds. The van der Waals surface area contributed by atoms with Gasteiger partial charge < -0.3 is 10.5 Å². The quantitative estimate of drug-likeness (QED) is 0.405. The number of alkyl halides is 3. The molecule has 0 heterocycles. The van der Waals surface area contributed by atoms with Crippen LogP contribution in [0.2, 0.25) is 0 Å². The van der Waals surface area contributed by atoms with Crippen LogP contribution in [0.15, 0.2) is 33.1 Å². The van der Waals surface area contributed by atoms with Crippen molar-refractivity contribution in [1.29, 1.82) is 0 Å². The molecule has 0 aromatic heterocycles. The second-order valence-electron chi connectivity index (χ2n) is 3.92. The molecular formula is C11H12BrCl3N2O4S. The van der Waals surface area contributed by atoms with E-state index >= 15 is 0 Å². The Morgan fingerprint density at radius 1 is 1.32 bits per heavy atom. The normalized spacial score (nSPS) is 13.2. The highest BCUT2D eigenvalue weighted by Crippen LogP contribution is 2.26. The predicted molar refractivity (Wildman–Crippen MR) is 90.6 cm³/mol. The van der Waals surface area contributed by atoms with Crippen molar-refractivity contribution in [2.75, 3.05) is 13.2 Å². The van der Waals surface area contributed by atoms with Gasteiger partial charge in [-0.25, -0.2) is 4.18 Å².